The summed E-state index contributed by atoms with van der Waals surface area (Å²) in [5.41, 5.74) is 9.18. The second-order valence-electron chi connectivity index (χ2n) is 4.21. The lowest BCUT2D eigenvalue weighted by molar-refractivity contribution is 0.0956. The number of nitrogens with zero attached hydrogens (tertiary/aromatic N) is 1. The fourth-order valence-corrected chi connectivity index (χ4v) is 1.69. The minimum Gasteiger partial charge on any atom is -0.507 e. The number of nitrogen functional groups attached to an aromatic ring is 1. The first kappa shape index (κ1) is 14.4. The molecule has 0 aliphatic heterocycles. The Morgan fingerprint density at radius 2 is 2.10 bits per heavy atom. The van der Waals surface area contributed by atoms with E-state index in [0.717, 1.165) is 0 Å². The van der Waals surface area contributed by atoms with Gasteiger partial charge in [0.15, 0.2) is 0 Å². The maximum atomic E-state index is 11.9. The molecule has 2 aromatic rings. The average Bonchev–Trinajstić information content (AvgIpc) is 2.49. The smallest absolute Gasteiger partial charge is 0.273 e. The van der Waals surface area contributed by atoms with Crippen LogP contribution in [0.2, 0.25) is 0 Å². The summed E-state index contributed by atoms with van der Waals surface area (Å²) in [4.78, 5) is 11.9. The number of para-hydroxylation sites is 1. The van der Waals surface area contributed by atoms with Crippen LogP contribution in [0.1, 0.15) is 15.9 Å². The van der Waals surface area contributed by atoms with Crippen LogP contribution in [0.5, 0.6) is 11.5 Å². The largest absolute Gasteiger partial charge is 0.507 e. The number of hydrogen-bond donors (Lipinski definition) is 3. The predicted octanol–water partition coefficient (Wildman–Crippen LogP) is 1.75. The summed E-state index contributed by atoms with van der Waals surface area (Å²) < 4.78 is 5.05. The quantitative estimate of drug-likeness (QED) is 0.453. The zero-order chi connectivity index (χ0) is 15.2. The number of anilines is 1. The van der Waals surface area contributed by atoms with Crippen LogP contribution in [0.25, 0.3) is 0 Å². The Morgan fingerprint density at radius 1 is 1.33 bits per heavy atom. The molecule has 1 amide bonds. The topological polar surface area (TPSA) is 96.9 Å². The molecule has 0 atom stereocenters. The van der Waals surface area contributed by atoms with Crippen LogP contribution in [0.3, 0.4) is 0 Å². The summed E-state index contributed by atoms with van der Waals surface area (Å²) in [7, 11) is 1.52. The lowest BCUT2D eigenvalue weighted by Crippen LogP contribution is -2.19. The number of hydrogen-bond acceptors (Lipinski definition) is 5. The summed E-state index contributed by atoms with van der Waals surface area (Å²) >= 11 is 0. The van der Waals surface area contributed by atoms with E-state index in [1.807, 2.05) is 0 Å². The highest BCUT2D eigenvalue weighted by atomic mass is 16.5. The number of nitrogens with two attached hydrogens (primary N) is 1. The van der Waals surface area contributed by atoms with Gasteiger partial charge in [0.05, 0.1) is 18.9 Å². The molecule has 2 rings (SSSR count). The summed E-state index contributed by atoms with van der Waals surface area (Å²) in [5, 5.41) is 13.5. The summed E-state index contributed by atoms with van der Waals surface area (Å²) in [5.74, 6) is 0.188. The number of nitrogens with one attached hydrogen (secondary N) is 1. The number of aromatic hydroxyl groups is 1. The maximum Gasteiger partial charge on any atom is 0.273 e. The van der Waals surface area contributed by atoms with Crippen LogP contribution in [0.4, 0.5) is 5.69 Å². The molecule has 0 aliphatic rings. The first-order valence-corrected chi connectivity index (χ1v) is 6.16. The third kappa shape index (κ3) is 3.50. The molecule has 0 aliphatic carbocycles. The van der Waals surface area contributed by atoms with Gasteiger partial charge in [-0.25, -0.2) is 5.43 Å². The molecule has 6 heteroatoms. The average molecular weight is 285 g/mol. The Hall–Kier alpha value is -3.02. The second kappa shape index (κ2) is 6.42. The number of carbonyl (C=O) groups excluding carboxylic acids is 1. The van der Waals surface area contributed by atoms with Crippen LogP contribution in [0, 0.1) is 0 Å². The van der Waals surface area contributed by atoms with Crippen molar-refractivity contribution in [2.45, 2.75) is 0 Å². The third-order valence-corrected chi connectivity index (χ3v) is 2.81. The van der Waals surface area contributed by atoms with Crippen LogP contribution >= 0.6 is 0 Å². The molecular formula is C15H15N3O3. The van der Waals surface area contributed by atoms with Gasteiger partial charge in [0.1, 0.15) is 11.5 Å². The van der Waals surface area contributed by atoms with Crippen LogP contribution in [-0.4, -0.2) is 24.3 Å². The SMILES string of the molecule is COc1ccc(O)c(/C=N\NC(=O)c2ccccc2N)c1. The second-order valence-corrected chi connectivity index (χ2v) is 4.21. The van der Waals surface area contributed by atoms with Gasteiger partial charge in [0.25, 0.3) is 5.91 Å². The first-order chi connectivity index (χ1) is 10.1. The van der Waals surface area contributed by atoms with Crippen LogP contribution in [0.15, 0.2) is 47.6 Å². The molecule has 0 heterocycles. The molecule has 0 saturated carbocycles. The number of phenols is 1. The number of benzene rings is 2. The van der Waals surface area contributed by atoms with Crippen molar-refractivity contribution in [3.8, 4) is 11.5 Å². The Kier molecular flexibility index (Phi) is 4.40. The number of phenolic OH excluding ortho intramolecular Hbond substituents is 1. The highest BCUT2D eigenvalue weighted by molar-refractivity contribution is 5.99. The predicted molar refractivity (Wildman–Crippen MR) is 80.6 cm³/mol. The van der Waals surface area contributed by atoms with Crippen LogP contribution in [-0.2, 0) is 0 Å². The fourth-order valence-electron chi connectivity index (χ4n) is 1.69. The molecular weight excluding hydrogens is 270 g/mol. The molecule has 0 spiro atoms. The van der Waals surface area contributed by atoms with Crippen molar-refractivity contribution < 1.29 is 14.6 Å². The molecule has 0 saturated heterocycles. The van der Waals surface area contributed by atoms with Gasteiger partial charge in [-0.3, -0.25) is 4.79 Å². The molecule has 6 nitrogen and oxygen atoms in total. The van der Waals surface area contributed by atoms with Gasteiger partial charge >= 0.3 is 0 Å². The number of hydrazone groups is 1. The molecule has 0 bridgehead atoms. The van der Waals surface area contributed by atoms with Crippen molar-refractivity contribution in [3.05, 3.63) is 53.6 Å². The lowest BCUT2D eigenvalue weighted by atomic mass is 10.2. The molecule has 0 aromatic heterocycles. The van der Waals surface area contributed by atoms with Gasteiger partial charge in [0, 0.05) is 11.3 Å². The summed E-state index contributed by atoms with van der Waals surface area (Å²) in [6.45, 7) is 0. The minimum absolute atomic E-state index is 0.0352. The number of amides is 1. The number of methoxy groups -OCH3 is 1. The van der Waals surface area contributed by atoms with E-state index in [1.54, 1.807) is 36.4 Å². The molecule has 0 radical (unpaired) electrons. The zero-order valence-corrected chi connectivity index (χ0v) is 11.4. The monoisotopic (exact) mass is 285 g/mol. The van der Waals surface area contributed by atoms with Crippen molar-refractivity contribution >= 4 is 17.8 Å². The van der Waals surface area contributed by atoms with Gasteiger partial charge < -0.3 is 15.6 Å². The van der Waals surface area contributed by atoms with E-state index in [1.165, 1.54) is 19.4 Å². The van der Waals surface area contributed by atoms with E-state index in [4.69, 9.17) is 10.5 Å². The summed E-state index contributed by atoms with van der Waals surface area (Å²) in [6.07, 6.45) is 1.33. The van der Waals surface area contributed by atoms with Gasteiger partial charge in [-0.05, 0) is 30.3 Å². The van der Waals surface area contributed by atoms with Gasteiger partial charge in [0.2, 0.25) is 0 Å². The fraction of sp³-hybridized carbons (Fsp3) is 0.0667. The Balaban J connectivity index is 2.09. The van der Waals surface area contributed by atoms with E-state index < -0.39 is 5.91 Å². The van der Waals surface area contributed by atoms with E-state index in [2.05, 4.69) is 10.5 Å². The molecule has 0 fully saturated rings. The molecule has 2 aromatic carbocycles. The van der Waals surface area contributed by atoms with Gasteiger partial charge in [-0.15, -0.1) is 0 Å². The highest BCUT2D eigenvalue weighted by Crippen LogP contribution is 2.21. The van der Waals surface area contributed by atoms with E-state index in [-0.39, 0.29) is 5.75 Å². The zero-order valence-electron chi connectivity index (χ0n) is 11.4. The molecule has 4 N–H and O–H groups in total. The van der Waals surface area contributed by atoms with E-state index in [9.17, 15) is 9.90 Å². The van der Waals surface area contributed by atoms with Crippen LogP contribution < -0.4 is 15.9 Å². The molecule has 0 unspecified atom stereocenters. The first-order valence-electron chi connectivity index (χ1n) is 6.16. The Bertz CT molecular complexity index is 684. The molecule has 21 heavy (non-hydrogen) atoms. The van der Waals surface area contributed by atoms with Crippen molar-refractivity contribution in [2.24, 2.45) is 5.10 Å². The van der Waals surface area contributed by atoms with Gasteiger partial charge in [-0.1, -0.05) is 12.1 Å². The molecule has 108 valence electrons. The maximum absolute atomic E-state index is 11.9. The highest BCUT2D eigenvalue weighted by Gasteiger charge is 2.07. The Labute approximate surface area is 121 Å². The normalized spacial score (nSPS) is 10.5. The lowest BCUT2D eigenvalue weighted by Gasteiger charge is -2.04. The van der Waals surface area contributed by atoms with E-state index >= 15 is 0 Å². The van der Waals surface area contributed by atoms with E-state index in [0.29, 0.717) is 22.6 Å². The van der Waals surface area contributed by atoms with Crippen molar-refractivity contribution in [3.63, 3.8) is 0 Å². The number of carbonyl (C=O) groups is 1. The standard InChI is InChI=1S/C15H15N3O3/c1-21-11-6-7-14(19)10(8-11)9-17-18-15(20)12-4-2-3-5-13(12)16/h2-9,19H,16H2,1H3,(H,18,20)/b17-9-. The summed E-state index contributed by atoms with van der Waals surface area (Å²) in [6, 6.07) is 11.4. The number of rotatable bonds is 4. The number of ether oxygens (including phenoxy) is 1. The third-order valence-electron chi connectivity index (χ3n) is 2.81. The Morgan fingerprint density at radius 3 is 2.81 bits per heavy atom. The minimum atomic E-state index is -0.424. The van der Waals surface area contributed by atoms with Crippen molar-refractivity contribution in [2.75, 3.05) is 12.8 Å². The van der Waals surface area contributed by atoms with Crippen molar-refractivity contribution in [1.29, 1.82) is 0 Å². The van der Waals surface area contributed by atoms with Crippen molar-refractivity contribution in [1.82, 2.24) is 5.43 Å². The van der Waals surface area contributed by atoms with Gasteiger partial charge in [-0.2, -0.15) is 5.10 Å².